The van der Waals surface area contributed by atoms with Crippen molar-refractivity contribution in [3.63, 3.8) is 0 Å². The predicted molar refractivity (Wildman–Crippen MR) is 89.4 cm³/mol. The van der Waals surface area contributed by atoms with Gasteiger partial charge < -0.3 is 14.3 Å². The van der Waals surface area contributed by atoms with Crippen LogP contribution in [-0.4, -0.2) is 17.8 Å². The van der Waals surface area contributed by atoms with Gasteiger partial charge in [0.15, 0.2) is 0 Å². The number of hydrogen-bond donors (Lipinski definition) is 0. The second-order valence-electron chi connectivity index (χ2n) is 5.95. The Morgan fingerprint density at radius 1 is 1.22 bits per heavy atom. The fourth-order valence-electron chi connectivity index (χ4n) is 2.80. The molecule has 4 rings (SSSR count). The number of rotatable bonds is 3. The van der Waals surface area contributed by atoms with Crippen molar-refractivity contribution in [3.8, 4) is 0 Å². The third-order valence-corrected chi connectivity index (χ3v) is 3.71. The molecule has 2 aromatic carbocycles. The Balaban J connectivity index is 0.00000156. The standard InChI is InChI=1S/C18H17N3O.Ir/c1-13(2)10-20-11-19-21(12-20)16-8-5-7-15-14-6-3-4-9-17(14)22-18(15)16;/h3-7,9,11-13H,10H2,1-2H3;/q-2;. The minimum Gasteiger partial charge on any atom is -0.514 e. The Bertz CT molecular complexity index is 856. The number of fused-ring (bicyclic) bond motifs is 3. The summed E-state index contributed by atoms with van der Waals surface area (Å²) < 4.78 is 6.03. The van der Waals surface area contributed by atoms with Gasteiger partial charge in [-0.1, -0.05) is 37.4 Å². The van der Waals surface area contributed by atoms with Gasteiger partial charge in [0.05, 0.1) is 6.34 Å². The molecular weight excluding hydrogens is 466 g/mol. The van der Waals surface area contributed by atoms with E-state index in [1.807, 2.05) is 48.3 Å². The molecule has 5 heteroatoms. The normalized spacial score (nSPS) is 14.2. The molecule has 0 aliphatic carbocycles. The van der Waals surface area contributed by atoms with E-state index in [4.69, 9.17) is 4.42 Å². The van der Waals surface area contributed by atoms with E-state index < -0.39 is 0 Å². The first-order valence-electron chi connectivity index (χ1n) is 7.48. The van der Waals surface area contributed by atoms with Crippen molar-refractivity contribution >= 4 is 34.0 Å². The molecule has 1 aromatic heterocycles. The molecule has 0 saturated heterocycles. The van der Waals surface area contributed by atoms with Crippen LogP contribution in [0.1, 0.15) is 13.8 Å². The Morgan fingerprint density at radius 3 is 2.87 bits per heavy atom. The van der Waals surface area contributed by atoms with Crippen molar-refractivity contribution in [1.29, 1.82) is 0 Å². The molecule has 2 heterocycles. The van der Waals surface area contributed by atoms with Crippen LogP contribution in [0.3, 0.4) is 0 Å². The molecule has 121 valence electrons. The van der Waals surface area contributed by atoms with Gasteiger partial charge in [0, 0.05) is 31.1 Å². The molecule has 3 aromatic rings. The van der Waals surface area contributed by atoms with Gasteiger partial charge >= 0.3 is 0 Å². The van der Waals surface area contributed by atoms with Crippen molar-refractivity contribution in [3.05, 3.63) is 49.1 Å². The maximum Gasteiger partial charge on any atom is 0.116 e. The van der Waals surface area contributed by atoms with Crippen LogP contribution in [0.25, 0.3) is 21.9 Å². The van der Waals surface area contributed by atoms with Crippen molar-refractivity contribution in [1.82, 2.24) is 4.90 Å². The predicted octanol–water partition coefficient (Wildman–Crippen LogP) is 4.22. The average Bonchev–Trinajstić information content (AvgIpc) is 3.10. The van der Waals surface area contributed by atoms with Crippen molar-refractivity contribution in [2.75, 3.05) is 11.6 Å². The molecule has 0 fully saturated rings. The fourth-order valence-corrected chi connectivity index (χ4v) is 2.80. The van der Waals surface area contributed by atoms with Gasteiger partial charge in [-0.05, 0) is 24.2 Å². The third-order valence-electron chi connectivity index (χ3n) is 3.71. The number of nitrogens with zero attached hydrogens (tertiary/aromatic N) is 3. The first-order chi connectivity index (χ1) is 10.7. The summed E-state index contributed by atoms with van der Waals surface area (Å²) in [6, 6.07) is 15.3. The van der Waals surface area contributed by atoms with Gasteiger partial charge in [-0.25, -0.2) is 0 Å². The van der Waals surface area contributed by atoms with E-state index in [1.54, 1.807) is 0 Å². The zero-order chi connectivity index (χ0) is 15.1. The quantitative estimate of drug-likeness (QED) is 0.523. The van der Waals surface area contributed by atoms with Crippen LogP contribution in [0, 0.1) is 18.7 Å². The summed E-state index contributed by atoms with van der Waals surface area (Å²) in [5.41, 5.74) is 2.56. The Hall–Kier alpha value is -1.84. The van der Waals surface area contributed by atoms with Crippen LogP contribution in [0.2, 0.25) is 0 Å². The first kappa shape index (κ1) is 16.0. The number of hydrazone groups is 1. The summed E-state index contributed by atoms with van der Waals surface area (Å²) in [4.78, 5) is 2.08. The smallest absolute Gasteiger partial charge is 0.116 e. The molecule has 4 nitrogen and oxygen atoms in total. The molecule has 1 aliphatic rings. The topological polar surface area (TPSA) is 32.0 Å². The minimum atomic E-state index is 0. The average molecular weight is 484 g/mol. The van der Waals surface area contributed by atoms with Gasteiger partial charge in [0.1, 0.15) is 5.58 Å². The molecule has 0 N–H and O–H groups in total. The van der Waals surface area contributed by atoms with Gasteiger partial charge in [0.25, 0.3) is 0 Å². The fraction of sp³-hybridized carbons (Fsp3) is 0.222. The molecule has 0 amide bonds. The van der Waals surface area contributed by atoms with Crippen molar-refractivity contribution < 1.29 is 24.5 Å². The summed E-state index contributed by atoms with van der Waals surface area (Å²) in [5.74, 6) is 0.577. The van der Waals surface area contributed by atoms with E-state index in [2.05, 4.69) is 36.0 Å². The zero-order valence-corrected chi connectivity index (χ0v) is 15.4. The number of benzene rings is 2. The summed E-state index contributed by atoms with van der Waals surface area (Å²) in [6.07, 6.45) is 1.84. The van der Waals surface area contributed by atoms with Crippen LogP contribution in [0.4, 0.5) is 5.69 Å². The molecule has 0 unspecified atom stereocenters. The van der Waals surface area contributed by atoms with Crippen LogP contribution in [0.15, 0.2) is 45.9 Å². The maximum absolute atomic E-state index is 6.03. The van der Waals surface area contributed by atoms with Gasteiger partial charge in [0.2, 0.25) is 0 Å². The molecule has 0 bridgehead atoms. The monoisotopic (exact) mass is 484 g/mol. The third kappa shape index (κ3) is 2.87. The van der Waals surface area contributed by atoms with Gasteiger partial charge in [-0.15, -0.1) is 6.67 Å². The maximum atomic E-state index is 6.03. The second kappa shape index (κ2) is 6.34. The number of furan rings is 1. The molecule has 1 radical (unpaired) electrons. The van der Waals surface area contributed by atoms with Crippen molar-refractivity contribution in [2.24, 2.45) is 11.0 Å². The summed E-state index contributed by atoms with van der Waals surface area (Å²) >= 11 is 0. The van der Waals surface area contributed by atoms with E-state index in [9.17, 15) is 0 Å². The molecule has 0 saturated carbocycles. The zero-order valence-electron chi connectivity index (χ0n) is 13.0. The molecule has 0 atom stereocenters. The van der Waals surface area contributed by atoms with Crippen LogP contribution >= 0.6 is 0 Å². The largest absolute Gasteiger partial charge is 0.514 e. The number of para-hydroxylation sites is 1. The van der Waals surface area contributed by atoms with E-state index >= 15 is 0 Å². The summed E-state index contributed by atoms with van der Waals surface area (Å²) in [5, 5.41) is 8.49. The van der Waals surface area contributed by atoms with E-state index in [-0.39, 0.29) is 20.1 Å². The second-order valence-corrected chi connectivity index (χ2v) is 5.95. The van der Waals surface area contributed by atoms with Crippen LogP contribution in [-0.2, 0) is 20.1 Å². The van der Waals surface area contributed by atoms with E-state index in [0.29, 0.717) is 5.92 Å². The molecule has 1 aliphatic heterocycles. The van der Waals surface area contributed by atoms with Gasteiger partial charge in [-0.2, -0.15) is 23.3 Å². The molecular formula is C18H17IrN3O-2. The minimum absolute atomic E-state index is 0. The van der Waals surface area contributed by atoms with Gasteiger partial charge in [-0.3, -0.25) is 0 Å². The first-order valence-corrected chi connectivity index (χ1v) is 7.48. The summed E-state index contributed by atoms with van der Waals surface area (Å²) in [6.45, 7) is 7.31. The van der Waals surface area contributed by atoms with Crippen LogP contribution < -0.4 is 5.01 Å². The SMILES string of the molecule is CC(C)CN1C=NN(c2[c-]ccc3c2oc2ccccc23)[CH-]1.[Ir]. The molecule has 0 spiro atoms. The molecule has 23 heavy (non-hydrogen) atoms. The van der Waals surface area contributed by atoms with Crippen LogP contribution in [0.5, 0.6) is 0 Å². The Labute approximate surface area is 149 Å². The number of hydrogen-bond acceptors (Lipinski definition) is 4. The van der Waals surface area contributed by atoms with E-state index in [1.165, 1.54) is 0 Å². The number of anilines is 1. The Morgan fingerprint density at radius 2 is 2.04 bits per heavy atom. The summed E-state index contributed by atoms with van der Waals surface area (Å²) in [7, 11) is 0. The Kier molecular flexibility index (Phi) is 4.42. The van der Waals surface area contributed by atoms with E-state index in [0.717, 1.165) is 34.2 Å². The van der Waals surface area contributed by atoms with Crippen molar-refractivity contribution in [2.45, 2.75) is 13.8 Å².